The molecule has 20 heavy (non-hydrogen) atoms. The molecule has 1 fully saturated rings. The van der Waals surface area contributed by atoms with Gasteiger partial charge in [-0.25, -0.2) is 0 Å². The quantitative estimate of drug-likeness (QED) is 0.780. The van der Waals surface area contributed by atoms with Crippen molar-refractivity contribution in [2.24, 2.45) is 0 Å². The Morgan fingerprint density at radius 2 is 1.75 bits per heavy atom. The second kappa shape index (κ2) is 6.41. The van der Waals surface area contributed by atoms with Crippen LogP contribution in [0.25, 0.3) is 0 Å². The van der Waals surface area contributed by atoms with Gasteiger partial charge in [-0.1, -0.05) is 17.7 Å². The predicted molar refractivity (Wildman–Crippen MR) is 75.7 cm³/mol. The summed E-state index contributed by atoms with van der Waals surface area (Å²) in [6.45, 7) is 0.992. The fourth-order valence-electron chi connectivity index (χ4n) is 2.29. The van der Waals surface area contributed by atoms with Crippen molar-refractivity contribution < 1.29 is 13.2 Å². The van der Waals surface area contributed by atoms with Crippen LogP contribution in [0.5, 0.6) is 0 Å². The van der Waals surface area contributed by atoms with Crippen molar-refractivity contribution in [3.63, 3.8) is 0 Å². The van der Waals surface area contributed by atoms with Gasteiger partial charge in [-0.3, -0.25) is 4.90 Å². The van der Waals surface area contributed by atoms with Crippen molar-refractivity contribution in [2.45, 2.75) is 12.1 Å². The van der Waals surface area contributed by atoms with Crippen molar-refractivity contribution in [3.05, 3.63) is 28.8 Å². The number of rotatable bonds is 3. The van der Waals surface area contributed by atoms with Crippen molar-refractivity contribution >= 4 is 28.9 Å². The van der Waals surface area contributed by atoms with Crippen molar-refractivity contribution in [3.8, 4) is 0 Å². The minimum Gasteiger partial charge on any atom is -0.368 e. The molecule has 0 spiro atoms. The molecule has 2 nitrogen and oxygen atoms in total. The normalized spacial score (nSPS) is 17.6. The third kappa shape index (κ3) is 4.17. The van der Waals surface area contributed by atoms with Crippen LogP contribution in [0.3, 0.4) is 0 Å². The van der Waals surface area contributed by atoms with Gasteiger partial charge in [0.15, 0.2) is 0 Å². The molecule has 1 aliphatic heterocycles. The van der Waals surface area contributed by atoms with E-state index in [1.165, 1.54) is 4.90 Å². The molecule has 2 rings (SSSR count). The SMILES string of the molecule is FC(F)(F)CN1CCN(c2ccc(CCl)cc2Cl)CC1. The Labute approximate surface area is 126 Å². The van der Waals surface area contributed by atoms with E-state index in [9.17, 15) is 13.2 Å². The molecule has 112 valence electrons. The lowest BCUT2D eigenvalue weighted by Gasteiger charge is -2.36. The number of halogens is 5. The van der Waals surface area contributed by atoms with Crippen LogP contribution < -0.4 is 4.90 Å². The highest BCUT2D eigenvalue weighted by atomic mass is 35.5. The Bertz CT molecular complexity index is 457. The molecule has 7 heteroatoms. The first-order valence-electron chi connectivity index (χ1n) is 6.27. The van der Waals surface area contributed by atoms with Gasteiger partial charge >= 0.3 is 6.18 Å². The van der Waals surface area contributed by atoms with Gasteiger partial charge in [-0.15, -0.1) is 11.6 Å². The Morgan fingerprint density at radius 3 is 2.25 bits per heavy atom. The predicted octanol–water partition coefficient (Wildman–Crippen LogP) is 3.76. The molecule has 0 N–H and O–H groups in total. The van der Waals surface area contributed by atoms with Crippen LogP contribution in [0.4, 0.5) is 18.9 Å². The van der Waals surface area contributed by atoms with E-state index >= 15 is 0 Å². The number of benzene rings is 1. The van der Waals surface area contributed by atoms with Gasteiger partial charge in [-0.05, 0) is 17.7 Å². The molecule has 0 amide bonds. The monoisotopic (exact) mass is 326 g/mol. The van der Waals surface area contributed by atoms with Crippen molar-refractivity contribution in [1.29, 1.82) is 0 Å². The van der Waals surface area contributed by atoms with E-state index in [0.717, 1.165) is 11.3 Å². The molecule has 0 bridgehead atoms. The molecule has 1 aromatic rings. The highest BCUT2D eigenvalue weighted by Gasteiger charge is 2.32. The molecular formula is C13H15Cl2F3N2. The van der Waals surface area contributed by atoms with E-state index < -0.39 is 12.7 Å². The van der Waals surface area contributed by atoms with E-state index in [2.05, 4.69) is 0 Å². The maximum atomic E-state index is 12.3. The molecule has 1 aromatic carbocycles. The summed E-state index contributed by atoms with van der Waals surface area (Å²) in [4.78, 5) is 3.42. The van der Waals surface area contributed by atoms with E-state index in [1.807, 2.05) is 17.0 Å². The molecule has 0 unspecified atom stereocenters. The smallest absolute Gasteiger partial charge is 0.368 e. The zero-order chi connectivity index (χ0) is 14.8. The Morgan fingerprint density at radius 1 is 1.10 bits per heavy atom. The van der Waals surface area contributed by atoms with E-state index in [0.29, 0.717) is 37.1 Å². The van der Waals surface area contributed by atoms with Gasteiger partial charge in [0.05, 0.1) is 17.3 Å². The summed E-state index contributed by atoms with van der Waals surface area (Å²) in [5.41, 5.74) is 1.78. The Kier molecular flexibility index (Phi) is 5.04. The van der Waals surface area contributed by atoms with E-state index in [4.69, 9.17) is 23.2 Å². The maximum absolute atomic E-state index is 12.3. The minimum absolute atomic E-state index is 0.382. The second-order valence-corrected chi connectivity index (χ2v) is 5.47. The van der Waals surface area contributed by atoms with Gasteiger partial charge in [0, 0.05) is 32.1 Å². The van der Waals surface area contributed by atoms with Crippen LogP contribution in [0, 0.1) is 0 Å². The average molecular weight is 327 g/mol. The molecule has 0 saturated carbocycles. The summed E-state index contributed by atoms with van der Waals surface area (Å²) in [6.07, 6.45) is -4.14. The van der Waals surface area contributed by atoms with Crippen molar-refractivity contribution in [1.82, 2.24) is 4.90 Å². The topological polar surface area (TPSA) is 6.48 Å². The summed E-state index contributed by atoms with van der Waals surface area (Å²) in [7, 11) is 0. The number of hydrogen-bond acceptors (Lipinski definition) is 2. The van der Waals surface area contributed by atoms with E-state index in [-0.39, 0.29) is 0 Å². The van der Waals surface area contributed by atoms with Crippen LogP contribution in [0.15, 0.2) is 18.2 Å². The van der Waals surface area contributed by atoms with E-state index in [1.54, 1.807) is 6.07 Å². The van der Waals surface area contributed by atoms with Gasteiger partial charge in [-0.2, -0.15) is 13.2 Å². The first kappa shape index (κ1) is 15.7. The summed E-state index contributed by atoms with van der Waals surface area (Å²) in [5.74, 6) is 0.388. The maximum Gasteiger partial charge on any atom is 0.401 e. The lowest BCUT2D eigenvalue weighted by molar-refractivity contribution is -0.146. The summed E-state index contributed by atoms with van der Waals surface area (Å²) < 4.78 is 37.0. The number of anilines is 1. The molecule has 1 aliphatic rings. The van der Waals surface area contributed by atoms with Crippen LogP contribution in [0.2, 0.25) is 5.02 Å². The summed E-state index contributed by atoms with van der Waals surface area (Å²) >= 11 is 11.9. The first-order valence-corrected chi connectivity index (χ1v) is 7.19. The molecule has 1 heterocycles. The van der Waals surface area contributed by atoms with Crippen LogP contribution in [-0.2, 0) is 5.88 Å². The van der Waals surface area contributed by atoms with Gasteiger partial charge in [0.1, 0.15) is 0 Å². The molecular weight excluding hydrogens is 312 g/mol. The van der Waals surface area contributed by atoms with Gasteiger partial charge < -0.3 is 4.90 Å². The molecule has 0 radical (unpaired) electrons. The lowest BCUT2D eigenvalue weighted by atomic mass is 10.2. The fraction of sp³-hybridized carbons (Fsp3) is 0.538. The van der Waals surface area contributed by atoms with Crippen LogP contribution in [-0.4, -0.2) is 43.8 Å². The lowest BCUT2D eigenvalue weighted by Crippen LogP contribution is -2.49. The van der Waals surface area contributed by atoms with Crippen LogP contribution >= 0.6 is 23.2 Å². The molecule has 0 aromatic heterocycles. The summed E-state index contributed by atoms with van der Waals surface area (Å²) in [5, 5.41) is 0.590. The standard InChI is InChI=1S/C13H15Cl2F3N2/c14-8-10-1-2-12(11(15)7-10)20-5-3-19(4-6-20)9-13(16,17)18/h1-2,7H,3-6,8-9H2. The first-order chi connectivity index (χ1) is 9.39. The number of hydrogen-bond donors (Lipinski definition) is 0. The number of alkyl halides is 4. The minimum atomic E-state index is -4.14. The zero-order valence-corrected chi connectivity index (χ0v) is 12.3. The third-order valence-corrected chi connectivity index (χ3v) is 3.89. The Hall–Kier alpha value is -0.650. The fourth-order valence-corrected chi connectivity index (χ4v) is 2.78. The molecule has 0 atom stereocenters. The van der Waals surface area contributed by atoms with Crippen LogP contribution in [0.1, 0.15) is 5.56 Å². The zero-order valence-electron chi connectivity index (χ0n) is 10.8. The Balaban J connectivity index is 1.97. The second-order valence-electron chi connectivity index (χ2n) is 4.80. The van der Waals surface area contributed by atoms with Gasteiger partial charge in [0.25, 0.3) is 0 Å². The molecule has 0 aliphatic carbocycles. The number of piperazine rings is 1. The third-order valence-electron chi connectivity index (χ3n) is 3.28. The largest absolute Gasteiger partial charge is 0.401 e. The van der Waals surface area contributed by atoms with Crippen molar-refractivity contribution in [2.75, 3.05) is 37.6 Å². The average Bonchev–Trinajstić information content (AvgIpc) is 2.38. The number of nitrogens with zero attached hydrogens (tertiary/aromatic N) is 2. The summed E-state index contributed by atoms with van der Waals surface area (Å²) in [6, 6.07) is 5.56. The van der Waals surface area contributed by atoms with Gasteiger partial charge in [0.2, 0.25) is 0 Å². The highest BCUT2D eigenvalue weighted by molar-refractivity contribution is 6.33. The highest BCUT2D eigenvalue weighted by Crippen LogP contribution is 2.28. The molecule has 1 saturated heterocycles.